The zero-order chi connectivity index (χ0) is 3.58. The molecule has 0 unspecified atom stereocenters. The van der Waals surface area contributed by atoms with E-state index in [-0.39, 0.29) is 144 Å². The molecule has 4 nitrogen and oxygen atoms in total. The summed E-state index contributed by atoms with van der Waals surface area (Å²) in [5.74, 6) is 0. The molecule has 0 spiro atoms. The average Bonchev–Trinajstić information content (AvgIpc) is 0.811. The van der Waals surface area contributed by atoms with Crippen LogP contribution < -0.4 is 0 Å². The van der Waals surface area contributed by atoms with E-state index in [1.807, 2.05) is 0 Å². The number of carboxylic acid groups (broad SMARTS) is 2. The van der Waals surface area contributed by atoms with Gasteiger partial charge in [0.05, 0.1) is 0 Å². The molecule has 0 atom stereocenters. The molecule has 0 fully saturated rings. The van der Waals surface area contributed by atoms with Crippen LogP contribution in [-0.4, -0.2) is 135 Å². The zero-order valence-electron chi connectivity index (χ0n) is 2.80. The summed E-state index contributed by atoms with van der Waals surface area (Å²) in [6.45, 7) is 0. The average molecular weight is 327 g/mol. The van der Waals surface area contributed by atoms with Gasteiger partial charge in [0.25, 0.3) is 0 Å². The van der Waals surface area contributed by atoms with Crippen molar-refractivity contribution in [3.05, 3.63) is 0 Å². The summed E-state index contributed by atoms with van der Waals surface area (Å²) >= 11 is 0. The maximum Gasteiger partial charge on any atom is 0 e. The van der Waals surface area contributed by atoms with Gasteiger partial charge in [-0.1, -0.05) is 0 Å². The second-order valence-corrected chi connectivity index (χ2v) is 0.283. The first kappa shape index (κ1) is 38.4. The summed E-state index contributed by atoms with van der Waals surface area (Å²) in [5.41, 5.74) is 0. The van der Waals surface area contributed by atoms with Crippen LogP contribution >= 0.6 is 0 Å². The molecule has 0 aliphatic heterocycles. The molecule has 0 radical (unpaired) electrons. The summed E-state index contributed by atoms with van der Waals surface area (Å²) in [7, 11) is 0. The predicted molar refractivity (Wildman–Crippen MR) is 38.5 cm³/mol. The van der Waals surface area contributed by atoms with Crippen molar-refractivity contribution in [2.45, 2.75) is 0 Å². The van der Waals surface area contributed by atoms with Gasteiger partial charge in [-0.05, 0) is 0 Å². The van der Waals surface area contributed by atoms with Gasteiger partial charge in [0, 0.05) is 26.2 Å². The van der Waals surface area contributed by atoms with Crippen LogP contribution in [0.5, 0.6) is 0 Å². The third kappa shape index (κ3) is 77.5. The predicted octanol–water partition coefficient (Wildman–Crippen LogP) is -3.09. The van der Waals surface area contributed by atoms with Crippen molar-refractivity contribution in [2.75, 3.05) is 0 Å². The second-order valence-electron chi connectivity index (χ2n) is 0.283. The summed E-state index contributed by atoms with van der Waals surface area (Å²) in [5, 5.41) is 13.9. The Bertz CT molecular complexity index is 43.5. The van der Waals surface area contributed by atoms with Gasteiger partial charge in [-0.15, -0.1) is 0 Å². The van der Waals surface area contributed by atoms with E-state index in [0.717, 1.165) is 0 Å². The van der Waals surface area contributed by atoms with E-state index in [1.165, 1.54) is 0 Å². The van der Waals surface area contributed by atoms with E-state index in [4.69, 9.17) is 15.0 Å². The molecule has 0 rings (SSSR count). The molecule has 0 bridgehead atoms. The van der Waals surface area contributed by atoms with Crippen molar-refractivity contribution in [1.29, 1.82) is 0 Å². The van der Waals surface area contributed by atoms with Gasteiger partial charge < -0.3 is 15.7 Å². The van der Waals surface area contributed by atoms with Gasteiger partial charge in [-0.3, -0.25) is 0 Å². The molecule has 0 saturated heterocycles. The van der Waals surface area contributed by atoms with Gasteiger partial charge in [0.1, 0.15) is 0 Å². The Morgan fingerprint density at radius 1 is 1.22 bits per heavy atom. The van der Waals surface area contributed by atoms with Crippen LogP contribution in [0, 0.1) is 0 Å². The molecular formula is CH9CaNaO4SrZr. The number of hydrogen-bond acceptors (Lipinski definition) is 1. The Hall–Kier alpha value is 3.85. The van der Waals surface area contributed by atoms with Crippen molar-refractivity contribution in [3.8, 4) is 0 Å². The molecule has 0 aliphatic rings. The van der Waals surface area contributed by atoms with E-state index >= 15 is 0 Å². The first-order valence-corrected chi connectivity index (χ1v) is 0.651. The molecule has 0 saturated carbocycles. The van der Waals surface area contributed by atoms with Crippen LogP contribution in [-0.2, 0) is 26.2 Å². The van der Waals surface area contributed by atoms with Crippen molar-refractivity contribution in [1.82, 2.24) is 0 Å². The molecule has 0 amide bonds. The second kappa shape index (κ2) is 29.7. The Balaban J connectivity index is -0.00000000450. The van der Waals surface area contributed by atoms with Crippen molar-refractivity contribution >= 4 is 119 Å². The minimum Gasteiger partial charge on any atom is 0 e. The monoisotopic (exact) mass is 326 g/mol. The summed E-state index contributed by atoms with van der Waals surface area (Å²) in [4.78, 5) is 8.56. The smallest absolute Gasteiger partial charge is 0 e. The van der Waals surface area contributed by atoms with Crippen LogP contribution in [0.25, 0.3) is 0 Å². The van der Waals surface area contributed by atoms with E-state index in [2.05, 4.69) is 0 Å². The molecule has 8 heteroatoms. The minimum absolute atomic E-state index is 0. The SMILES string of the molecule is O.O=C(O)O.[CaH2].[NaH].[SrH2].[Zr]. The molecular weight excluding hydrogens is 318 g/mol. The molecule has 0 aromatic heterocycles. The summed E-state index contributed by atoms with van der Waals surface area (Å²) in [6, 6.07) is 0. The Labute approximate surface area is 161 Å². The van der Waals surface area contributed by atoms with Crippen LogP contribution in [0.1, 0.15) is 0 Å². The van der Waals surface area contributed by atoms with Gasteiger partial charge in [-0.25, -0.2) is 4.79 Å². The van der Waals surface area contributed by atoms with Gasteiger partial charge in [0.2, 0.25) is 0 Å². The Kier molecular flexibility index (Phi) is 127. The first-order chi connectivity index (χ1) is 1.73. The van der Waals surface area contributed by atoms with E-state index < -0.39 is 6.16 Å². The molecule has 0 aliphatic carbocycles. The quantitative estimate of drug-likeness (QED) is 0.463. The fourth-order valence-electron chi connectivity index (χ4n) is 0. The normalized spacial score (nSPS) is 2.67. The van der Waals surface area contributed by atoms with Crippen LogP contribution in [0.2, 0.25) is 0 Å². The molecule has 0 heterocycles. The zero-order valence-corrected chi connectivity index (χ0v) is 5.26. The van der Waals surface area contributed by atoms with Gasteiger partial charge in [-0.2, -0.15) is 0 Å². The van der Waals surface area contributed by atoms with Crippen LogP contribution in [0.15, 0.2) is 0 Å². The maximum atomic E-state index is 8.56. The minimum atomic E-state index is -1.83. The van der Waals surface area contributed by atoms with Crippen molar-refractivity contribution in [3.63, 3.8) is 0 Å². The van der Waals surface area contributed by atoms with Crippen molar-refractivity contribution in [2.24, 2.45) is 0 Å². The summed E-state index contributed by atoms with van der Waals surface area (Å²) < 4.78 is 0. The van der Waals surface area contributed by atoms with Crippen LogP contribution in [0.4, 0.5) is 4.79 Å². The molecule has 0 aromatic carbocycles. The number of rotatable bonds is 0. The Morgan fingerprint density at radius 2 is 1.22 bits per heavy atom. The molecule has 4 N–H and O–H groups in total. The molecule has 46 valence electrons. The molecule has 0 aromatic rings. The first-order valence-electron chi connectivity index (χ1n) is 0.651. The fourth-order valence-corrected chi connectivity index (χ4v) is 0. The maximum absolute atomic E-state index is 8.56. The molecule has 9 heavy (non-hydrogen) atoms. The topological polar surface area (TPSA) is 89.0 Å². The largest absolute Gasteiger partial charge is 0 e. The number of carbonyl (C=O) groups is 1. The van der Waals surface area contributed by atoms with Crippen molar-refractivity contribution < 1.29 is 46.7 Å². The third-order valence-corrected chi connectivity index (χ3v) is 0. The van der Waals surface area contributed by atoms with Crippen LogP contribution in [0.3, 0.4) is 0 Å². The number of hydrogen-bond donors (Lipinski definition) is 2. The van der Waals surface area contributed by atoms with E-state index in [1.54, 1.807) is 0 Å². The van der Waals surface area contributed by atoms with E-state index in [9.17, 15) is 0 Å². The summed E-state index contributed by atoms with van der Waals surface area (Å²) in [6.07, 6.45) is -1.83. The van der Waals surface area contributed by atoms with Gasteiger partial charge >= 0.3 is 119 Å². The fraction of sp³-hybridized carbons (Fsp3) is 0. The van der Waals surface area contributed by atoms with E-state index in [0.29, 0.717) is 0 Å². The third-order valence-electron chi connectivity index (χ3n) is 0. The Morgan fingerprint density at radius 3 is 1.22 bits per heavy atom. The standard InChI is InChI=1S/CH2O3.Ca.Na.H2O.Sr.Zr.5H/c2-1(3)4;;;;;;;;;;/h(H2,2,3,4);;;1H2;;;;;;;. The van der Waals surface area contributed by atoms with Gasteiger partial charge in [0.15, 0.2) is 0 Å².